The molecule has 4 aromatic carbocycles. The van der Waals surface area contributed by atoms with E-state index in [2.05, 4.69) is 71.8 Å². The van der Waals surface area contributed by atoms with Crippen LogP contribution >= 0.6 is 0 Å². The van der Waals surface area contributed by atoms with E-state index in [-0.39, 0.29) is 5.97 Å². The van der Waals surface area contributed by atoms with Gasteiger partial charge in [-0.1, -0.05) is 62.0 Å². The van der Waals surface area contributed by atoms with Crippen LogP contribution < -0.4 is 19.4 Å². The molecule has 0 fully saturated rings. The molecule has 1 aliphatic heterocycles. The van der Waals surface area contributed by atoms with Crippen LogP contribution in [0.2, 0.25) is 0 Å². The van der Waals surface area contributed by atoms with Gasteiger partial charge in [0.25, 0.3) is 0 Å². The van der Waals surface area contributed by atoms with E-state index in [4.69, 9.17) is 9.47 Å². The molecule has 6 heteroatoms. The smallest absolute Gasteiger partial charge is 0.340 e. The van der Waals surface area contributed by atoms with Gasteiger partial charge in [0.1, 0.15) is 5.75 Å². The highest BCUT2D eigenvalue weighted by molar-refractivity contribution is 5.99. The fourth-order valence-electron chi connectivity index (χ4n) is 5.86. The number of fused-ring (bicyclic) bond motifs is 1. The molecule has 45 heavy (non-hydrogen) atoms. The van der Waals surface area contributed by atoms with Crippen LogP contribution in [0.3, 0.4) is 0 Å². The maximum atomic E-state index is 13.9. The number of esters is 1. The average molecular weight is 602 g/mol. The first-order valence-corrected chi connectivity index (χ1v) is 15.3. The van der Waals surface area contributed by atoms with E-state index in [1.807, 2.05) is 95.7 Å². The number of hydrogen-bond acceptors (Lipinski definition) is 6. The Hall–Kier alpha value is -4.97. The van der Waals surface area contributed by atoms with Gasteiger partial charge in [-0.3, -0.25) is 0 Å². The summed E-state index contributed by atoms with van der Waals surface area (Å²) in [5.74, 6) is 0.399. The van der Waals surface area contributed by atoms with Crippen molar-refractivity contribution in [2.24, 2.45) is 0 Å². The fourth-order valence-corrected chi connectivity index (χ4v) is 5.86. The zero-order valence-corrected chi connectivity index (χ0v) is 27.4. The van der Waals surface area contributed by atoms with Crippen molar-refractivity contribution < 1.29 is 14.3 Å². The molecule has 0 bridgehead atoms. The van der Waals surface area contributed by atoms with Gasteiger partial charge in [-0.15, -0.1) is 0 Å². The van der Waals surface area contributed by atoms with Crippen molar-refractivity contribution in [2.45, 2.75) is 18.9 Å². The first-order chi connectivity index (χ1) is 21.6. The second kappa shape index (κ2) is 12.9. The largest absolute Gasteiger partial charge is 0.494 e. The van der Waals surface area contributed by atoms with E-state index in [9.17, 15) is 4.79 Å². The lowest BCUT2D eigenvalue weighted by atomic mass is 9.75. The number of carbonyl (C=O) groups is 1. The number of hydrogen-bond donors (Lipinski definition) is 0. The fraction of sp³-hybridized carbons (Fsp3) is 0.256. The molecular weight excluding hydrogens is 558 g/mol. The summed E-state index contributed by atoms with van der Waals surface area (Å²) < 4.78 is 12.5. The predicted molar refractivity (Wildman–Crippen MR) is 187 cm³/mol. The molecule has 4 aromatic rings. The second-order valence-electron chi connectivity index (χ2n) is 11.9. The minimum Gasteiger partial charge on any atom is -0.494 e. The molecule has 0 aliphatic carbocycles. The van der Waals surface area contributed by atoms with Crippen LogP contribution in [-0.2, 0) is 10.3 Å². The quantitative estimate of drug-likeness (QED) is 0.129. The third-order valence-corrected chi connectivity index (χ3v) is 8.30. The molecule has 0 saturated heterocycles. The number of carbonyl (C=O) groups excluding carboxylic acids is 1. The van der Waals surface area contributed by atoms with Gasteiger partial charge in [-0.25, -0.2) is 4.79 Å². The van der Waals surface area contributed by atoms with Crippen molar-refractivity contribution >= 4 is 28.6 Å². The Morgan fingerprint density at radius 1 is 0.756 bits per heavy atom. The summed E-state index contributed by atoms with van der Waals surface area (Å²) in [5, 5.41) is 0. The van der Waals surface area contributed by atoms with Gasteiger partial charge in [0, 0.05) is 76.0 Å². The van der Waals surface area contributed by atoms with E-state index < -0.39 is 5.60 Å². The van der Waals surface area contributed by atoms with Crippen molar-refractivity contribution in [1.29, 1.82) is 0 Å². The lowest BCUT2D eigenvalue weighted by molar-refractivity contribution is 0.0251. The normalized spacial score (nSPS) is 15.1. The third-order valence-electron chi connectivity index (χ3n) is 8.30. The molecule has 1 atom stereocenters. The number of rotatable bonds is 11. The van der Waals surface area contributed by atoms with Crippen LogP contribution in [0.4, 0.5) is 17.1 Å². The summed E-state index contributed by atoms with van der Waals surface area (Å²) in [6.45, 7) is 7.05. The van der Waals surface area contributed by atoms with E-state index in [0.717, 1.165) is 62.6 Å². The number of nitrogens with zero attached hydrogens (tertiary/aromatic N) is 3. The Bertz CT molecular complexity index is 1650. The van der Waals surface area contributed by atoms with Crippen LogP contribution in [0.5, 0.6) is 5.75 Å². The first-order valence-electron chi connectivity index (χ1n) is 15.3. The van der Waals surface area contributed by atoms with Gasteiger partial charge >= 0.3 is 5.97 Å². The van der Waals surface area contributed by atoms with Gasteiger partial charge in [-0.05, 0) is 71.7 Å². The molecule has 6 nitrogen and oxygen atoms in total. The number of ether oxygens (including phenoxy) is 2. The Kier molecular flexibility index (Phi) is 9.05. The number of anilines is 3. The van der Waals surface area contributed by atoms with E-state index in [0.29, 0.717) is 12.2 Å². The predicted octanol–water partition coefficient (Wildman–Crippen LogP) is 7.78. The van der Waals surface area contributed by atoms with Crippen molar-refractivity contribution in [1.82, 2.24) is 0 Å². The summed E-state index contributed by atoms with van der Waals surface area (Å²) in [6.07, 6.45) is 2.76. The minimum absolute atomic E-state index is 0.371. The van der Waals surface area contributed by atoms with Crippen LogP contribution in [0.15, 0.2) is 109 Å². The van der Waals surface area contributed by atoms with Gasteiger partial charge in [-0.2, -0.15) is 0 Å². The van der Waals surface area contributed by atoms with Crippen LogP contribution in [-0.4, -0.2) is 54.9 Å². The lowest BCUT2D eigenvalue weighted by Gasteiger charge is -2.34. The summed E-state index contributed by atoms with van der Waals surface area (Å²) in [5.41, 5.74) is 7.69. The molecular formula is C39H43N3O3. The van der Waals surface area contributed by atoms with Crippen molar-refractivity contribution in [3.8, 4) is 5.75 Å². The van der Waals surface area contributed by atoms with Gasteiger partial charge in [0.15, 0.2) is 5.60 Å². The SMILES string of the molecule is C=CC(=C(c1ccc(N(C)C)cc1)c1ccc(N(C)C)cc1)C1(c2ccc(OCCC)cc2)OC(=O)c2cc(N(C)C)ccc21. The zero-order valence-electron chi connectivity index (χ0n) is 27.4. The standard InChI is InChI=1S/C39H43N3O3/c1-9-25-44-33-22-15-29(16-23-33)39(36-24-21-32(42(7)8)26-34(36)38(43)45-39)35(10-2)37(27-11-17-30(18-12-27)40(3)4)28-13-19-31(20-14-28)41(5)6/h10-24,26H,2,9,25H2,1,3-8H3. The summed E-state index contributed by atoms with van der Waals surface area (Å²) >= 11 is 0. The molecule has 1 heterocycles. The molecule has 0 spiro atoms. The molecule has 5 rings (SSSR count). The number of cyclic esters (lactones) is 1. The van der Waals surface area contributed by atoms with E-state index in [1.54, 1.807) is 0 Å². The van der Waals surface area contributed by atoms with Gasteiger partial charge < -0.3 is 24.2 Å². The molecule has 0 amide bonds. The summed E-state index contributed by atoms with van der Waals surface area (Å²) in [7, 11) is 12.0. The summed E-state index contributed by atoms with van der Waals surface area (Å²) in [6, 6.07) is 30.8. The zero-order chi connectivity index (χ0) is 32.3. The molecule has 0 radical (unpaired) electrons. The highest BCUT2D eigenvalue weighted by Crippen LogP contribution is 2.51. The molecule has 1 unspecified atom stereocenters. The monoisotopic (exact) mass is 601 g/mol. The Labute approximate surface area is 267 Å². The topological polar surface area (TPSA) is 45.3 Å². The van der Waals surface area contributed by atoms with Gasteiger partial charge in [0.05, 0.1) is 12.2 Å². The molecule has 0 saturated carbocycles. The minimum atomic E-state index is -1.25. The lowest BCUT2D eigenvalue weighted by Crippen LogP contribution is -2.31. The Morgan fingerprint density at radius 3 is 1.73 bits per heavy atom. The molecule has 0 aromatic heterocycles. The van der Waals surface area contributed by atoms with Crippen molar-refractivity contribution in [3.05, 3.63) is 137 Å². The Balaban J connectivity index is 1.85. The highest BCUT2D eigenvalue weighted by Gasteiger charge is 2.50. The second-order valence-corrected chi connectivity index (χ2v) is 11.9. The van der Waals surface area contributed by atoms with Crippen LogP contribution in [0.1, 0.15) is 46.0 Å². The molecule has 232 valence electrons. The third kappa shape index (κ3) is 5.93. The van der Waals surface area contributed by atoms with Crippen LogP contribution in [0, 0.1) is 0 Å². The van der Waals surface area contributed by atoms with Crippen LogP contribution in [0.25, 0.3) is 5.57 Å². The molecule has 0 N–H and O–H groups in total. The van der Waals surface area contributed by atoms with E-state index in [1.165, 1.54) is 0 Å². The van der Waals surface area contributed by atoms with Gasteiger partial charge in [0.2, 0.25) is 0 Å². The first kappa shape index (κ1) is 31.5. The van der Waals surface area contributed by atoms with E-state index >= 15 is 0 Å². The number of benzene rings is 4. The summed E-state index contributed by atoms with van der Waals surface area (Å²) in [4.78, 5) is 20.0. The van der Waals surface area contributed by atoms with Crippen molar-refractivity contribution in [2.75, 3.05) is 63.6 Å². The average Bonchev–Trinajstić information content (AvgIpc) is 3.34. The molecule has 1 aliphatic rings. The maximum Gasteiger partial charge on any atom is 0.340 e. The Morgan fingerprint density at radius 2 is 1.27 bits per heavy atom. The van der Waals surface area contributed by atoms with Crippen molar-refractivity contribution in [3.63, 3.8) is 0 Å². The highest BCUT2D eigenvalue weighted by atomic mass is 16.6. The maximum absolute atomic E-state index is 13.9.